The van der Waals surface area contributed by atoms with Crippen molar-refractivity contribution in [1.82, 2.24) is 0 Å². The summed E-state index contributed by atoms with van der Waals surface area (Å²) in [6, 6.07) is 25.9. The zero-order chi connectivity index (χ0) is 45.6. The highest BCUT2D eigenvalue weighted by Crippen LogP contribution is 2.50. The molecule has 5 N–H and O–H groups in total. The number of hydrogen-bond donors (Lipinski definition) is 4. The number of unbranched alkanes of at least 4 members (excludes halogenated alkanes) is 2. The number of phenols is 2. The first-order valence-electron chi connectivity index (χ1n) is 24.2. The highest BCUT2D eigenvalue weighted by atomic mass is 16.5. The van der Waals surface area contributed by atoms with Gasteiger partial charge in [0.2, 0.25) is 11.6 Å². The third kappa shape index (κ3) is 10.3. The van der Waals surface area contributed by atoms with Gasteiger partial charge in [-0.3, -0.25) is 9.59 Å². The van der Waals surface area contributed by atoms with Crippen LogP contribution in [0.2, 0.25) is 0 Å². The standard InChI is InChI=1S/C56H66N2O7/c1-5-7-9-35-11-15-37(16-12-35)39-19-25-43(26-20-39)64-47-31-45(57)49-51(53(47)59)56(62)50-46(58-41-23-29-42(30-24-41)63-33-34(3)4)32-48(54(60)52(50)55(49)61)65-44-27-21-40(22-28-44)38-17-13-36(14-18-38)10-8-6-2/h19-32,34-38,58-60H,5-18,33,57H2,1-4H3. The lowest BCUT2D eigenvalue weighted by Crippen LogP contribution is -2.24. The van der Waals surface area contributed by atoms with Gasteiger partial charge in [0.05, 0.1) is 34.5 Å². The second-order valence-electron chi connectivity index (χ2n) is 19.2. The molecule has 0 heterocycles. The van der Waals surface area contributed by atoms with Crippen LogP contribution in [-0.2, 0) is 0 Å². The molecule has 3 aliphatic carbocycles. The van der Waals surface area contributed by atoms with Crippen LogP contribution in [-0.4, -0.2) is 28.4 Å². The Balaban J connectivity index is 1.07. The molecule has 0 unspecified atom stereocenters. The third-order valence-corrected chi connectivity index (χ3v) is 14.0. The van der Waals surface area contributed by atoms with E-state index in [0.717, 1.165) is 24.7 Å². The highest BCUT2D eigenvalue weighted by Gasteiger charge is 2.41. The number of carbonyl (C=O) groups excluding carboxylic acids is 2. The maximum Gasteiger partial charge on any atom is 0.200 e. The Hall–Kier alpha value is -5.96. The molecule has 8 rings (SSSR count). The van der Waals surface area contributed by atoms with Crippen molar-refractivity contribution in [3.63, 3.8) is 0 Å². The van der Waals surface area contributed by atoms with Crippen molar-refractivity contribution in [2.45, 2.75) is 129 Å². The van der Waals surface area contributed by atoms with E-state index in [4.69, 9.17) is 19.9 Å². The van der Waals surface area contributed by atoms with Gasteiger partial charge in [0.1, 0.15) is 17.2 Å². The molecule has 0 radical (unpaired) electrons. The van der Waals surface area contributed by atoms with E-state index in [1.165, 1.54) is 100 Å². The number of carbonyl (C=O) groups is 2. The Labute approximate surface area is 384 Å². The Morgan fingerprint density at radius 2 is 1.05 bits per heavy atom. The van der Waals surface area contributed by atoms with Crippen molar-refractivity contribution in [3.8, 4) is 40.2 Å². The van der Waals surface area contributed by atoms with Crippen LogP contribution in [0.4, 0.5) is 17.1 Å². The lowest BCUT2D eigenvalue weighted by atomic mass is 9.77. The van der Waals surface area contributed by atoms with Crippen LogP contribution in [0.15, 0.2) is 84.9 Å². The highest BCUT2D eigenvalue weighted by molar-refractivity contribution is 6.34. The van der Waals surface area contributed by atoms with Gasteiger partial charge in [-0.1, -0.05) is 90.5 Å². The summed E-state index contributed by atoms with van der Waals surface area (Å²) in [6.45, 7) is 9.21. The minimum Gasteiger partial charge on any atom is -0.504 e. The molecule has 0 atom stereocenters. The SMILES string of the molecule is CCCCC1CCC(c2ccc(Oc3cc(N)c4c(c3O)C(=O)c3c(Nc5ccc(OCC(C)C)cc5)cc(Oc5ccc(C6CCC(CCCC)CC6)cc5)c(O)c3C4=O)cc2)CC1. The molecular formula is C56H66N2O7. The molecule has 0 amide bonds. The van der Waals surface area contributed by atoms with Crippen LogP contribution in [0.3, 0.4) is 0 Å². The zero-order valence-corrected chi connectivity index (χ0v) is 38.6. The van der Waals surface area contributed by atoms with E-state index < -0.39 is 23.1 Å². The maximum atomic E-state index is 14.8. The van der Waals surface area contributed by atoms with E-state index >= 15 is 0 Å². The average molecular weight is 879 g/mol. The first-order chi connectivity index (χ1) is 31.5. The van der Waals surface area contributed by atoms with Gasteiger partial charge in [-0.15, -0.1) is 0 Å². The molecule has 0 spiro atoms. The Kier molecular flexibility index (Phi) is 14.4. The summed E-state index contributed by atoms with van der Waals surface area (Å²) >= 11 is 0. The zero-order valence-electron chi connectivity index (χ0n) is 38.6. The fourth-order valence-electron chi connectivity index (χ4n) is 10.2. The number of anilines is 3. The normalized spacial score (nSPS) is 19.4. The second-order valence-corrected chi connectivity index (χ2v) is 19.2. The number of rotatable bonds is 17. The summed E-state index contributed by atoms with van der Waals surface area (Å²) in [4.78, 5) is 29.4. The first-order valence-corrected chi connectivity index (χ1v) is 24.2. The van der Waals surface area contributed by atoms with Crippen molar-refractivity contribution < 1.29 is 34.0 Å². The monoisotopic (exact) mass is 878 g/mol. The maximum absolute atomic E-state index is 14.8. The predicted octanol–water partition coefficient (Wildman–Crippen LogP) is 14.7. The van der Waals surface area contributed by atoms with Gasteiger partial charge in [0, 0.05) is 23.5 Å². The van der Waals surface area contributed by atoms with Gasteiger partial charge in [0.15, 0.2) is 23.0 Å². The number of aromatic hydroxyl groups is 2. The van der Waals surface area contributed by atoms with Crippen molar-refractivity contribution in [2.24, 2.45) is 17.8 Å². The summed E-state index contributed by atoms with van der Waals surface area (Å²) in [6.07, 6.45) is 17.3. The molecule has 2 fully saturated rings. The van der Waals surface area contributed by atoms with Crippen LogP contribution in [0, 0.1) is 17.8 Å². The average Bonchev–Trinajstić information content (AvgIpc) is 3.32. The van der Waals surface area contributed by atoms with Crippen LogP contribution in [0.1, 0.15) is 172 Å². The van der Waals surface area contributed by atoms with Crippen LogP contribution < -0.4 is 25.3 Å². The number of benzene rings is 5. The van der Waals surface area contributed by atoms with E-state index in [-0.39, 0.29) is 45.1 Å². The quantitative estimate of drug-likeness (QED) is 0.0520. The molecule has 9 nitrogen and oxygen atoms in total. The number of nitrogens with one attached hydrogen (secondary N) is 1. The number of ether oxygens (including phenoxy) is 3. The number of nitrogens with two attached hydrogens (primary N) is 1. The largest absolute Gasteiger partial charge is 0.504 e. The van der Waals surface area contributed by atoms with Gasteiger partial charge in [-0.25, -0.2) is 0 Å². The summed E-state index contributed by atoms with van der Waals surface area (Å²) in [5.74, 6) is 2.04. The molecule has 9 heteroatoms. The Morgan fingerprint density at radius 3 is 1.52 bits per heavy atom. The van der Waals surface area contributed by atoms with Crippen molar-refractivity contribution in [3.05, 3.63) is 118 Å². The molecule has 0 saturated heterocycles. The summed E-state index contributed by atoms with van der Waals surface area (Å²) in [5, 5.41) is 27.0. The van der Waals surface area contributed by atoms with Gasteiger partial charge >= 0.3 is 0 Å². The molecule has 0 aliphatic heterocycles. The fraction of sp³-hybridized carbons (Fsp3) is 0.429. The molecule has 5 aromatic carbocycles. The first kappa shape index (κ1) is 45.6. The van der Waals surface area contributed by atoms with Crippen LogP contribution in [0.5, 0.6) is 40.2 Å². The van der Waals surface area contributed by atoms with Crippen molar-refractivity contribution in [2.75, 3.05) is 17.7 Å². The van der Waals surface area contributed by atoms with Gasteiger partial charge in [0.25, 0.3) is 0 Å². The predicted molar refractivity (Wildman–Crippen MR) is 259 cm³/mol. The van der Waals surface area contributed by atoms with Crippen LogP contribution >= 0.6 is 0 Å². The Bertz CT molecular complexity index is 2440. The van der Waals surface area contributed by atoms with E-state index in [1.54, 1.807) is 12.1 Å². The van der Waals surface area contributed by atoms with Gasteiger partial charge in [-0.05, 0) is 141 Å². The number of ketones is 2. The van der Waals surface area contributed by atoms with E-state index in [9.17, 15) is 19.8 Å². The molecule has 0 bridgehead atoms. The lowest BCUT2D eigenvalue weighted by Gasteiger charge is -2.29. The minimum atomic E-state index is -0.726. The van der Waals surface area contributed by atoms with Crippen LogP contribution in [0.25, 0.3) is 0 Å². The minimum absolute atomic E-state index is 0.0207. The smallest absolute Gasteiger partial charge is 0.200 e. The van der Waals surface area contributed by atoms with E-state index in [1.807, 2.05) is 36.4 Å². The fourth-order valence-corrected chi connectivity index (χ4v) is 10.2. The van der Waals surface area contributed by atoms with Crippen molar-refractivity contribution in [1.29, 1.82) is 0 Å². The summed E-state index contributed by atoms with van der Waals surface area (Å²) < 4.78 is 18.4. The summed E-state index contributed by atoms with van der Waals surface area (Å²) in [7, 11) is 0. The number of hydrogen-bond acceptors (Lipinski definition) is 9. The molecule has 2 saturated carbocycles. The topological polar surface area (TPSA) is 140 Å². The molecule has 5 aromatic rings. The number of fused-ring (bicyclic) bond motifs is 2. The van der Waals surface area contributed by atoms with E-state index in [2.05, 4.69) is 57.3 Å². The molecule has 3 aliphatic rings. The number of phenolic OH excluding ortho intramolecular Hbond substituents is 2. The second kappa shape index (κ2) is 20.5. The lowest BCUT2D eigenvalue weighted by molar-refractivity contribution is 0.0974. The molecular weight excluding hydrogens is 813 g/mol. The van der Waals surface area contributed by atoms with Crippen molar-refractivity contribution >= 4 is 28.6 Å². The third-order valence-electron chi connectivity index (χ3n) is 14.0. The molecule has 65 heavy (non-hydrogen) atoms. The van der Waals surface area contributed by atoms with Gasteiger partial charge < -0.3 is 35.5 Å². The summed E-state index contributed by atoms with van der Waals surface area (Å²) in [5.41, 5.74) is 8.90. The van der Waals surface area contributed by atoms with E-state index in [0.29, 0.717) is 47.3 Å². The van der Waals surface area contributed by atoms with Gasteiger partial charge in [-0.2, -0.15) is 0 Å². The number of nitrogen functional groups attached to an aromatic ring is 1. The Morgan fingerprint density at radius 1 is 0.600 bits per heavy atom. The molecule has 0 aromatic heterocycles. The molecule has 342 valence electrons.